The standard InChI is InChI=1S/C23H15F3N4O2/c24-11-4-6-16-13(8-11)23(22(32)29-16)14(10-27)21(28)30(17-7-5-12(25)9-15(17)26)18-2-1-3-19(31)20(18)23/h4-9H,1-3,28H2,(H,29,32). The molecular formula is C23H15F3N4O2. The zero-order chi connectivity index (χ0) is 22.8. The van der Waals surface area contributed by atoms with Crippen molar-refractivity contribution >= 4 is 23.1 Å². The van der Waals surface area contributed by atoms with Crippen LogP contribution in [0.25, 0.3) is 0 Å². The second-order valence-electron chi connectivity index (χ2n) is 7.80. The molecule has 32 heavy (non-hydrogen) atoms. The predicted octanol–water partition coefficient (Wildman–Crippen LogP) is 3.51. The van der Waals surface area contributed by atoms with Gasteiger partial charge in [0.1, 0.15) is 34.8 Å². The van der Waals surface area contributed by atoms with Crippen molar-refractivity contribution in [2.24, 2.45) is 5.73 Å². The fraction of sp³-hybridized carbons (Fsp3) is 0.174. The molecule has 1 spiro atoms. The monoisotopic (exact) mass is 436 g/mol. The maximum absolute atomic E-state index is 14.8. The molecule has 0 saturated heterocycles. The Hall–Kier alpha value is -4.06. The van der Waals surface area contributed by atoms with Gasteiger partial charge in [-0.1, -0.05) is 0 Å². The number of halogens is 3. The number of nitrogens with zero attached hydrogens (tertiary/aromatic N) is 2. The Kier molecular flexibility index (Phi) is 4.17. The fourth-order valence-corrected chi connectivity index (χ4v) is 4.90. The Bertz CT molecular complexity index is 1340. The van der Waals surface area contributed by atoms with Crippen LogP contribution in [0.4, 0.5) is 24.5 Å². The summed E-state index contributed by atoms with van der Waals surface area (Å²) in [7, 11) is 0. The Morgan fingerprint density at radius 2 is 1.78 bits per heavy atom. The van der Waals surface area contributed by atoms with E-state index >= 15 is 0 Å². The molecule has 160 valence electrons. The topological polar surface area (TPSA) is 99.2 Å². The van der Waals surface area contributed by atoms with Crippen molar-refractivity contribution in [3.05, 3.63) is 82.1 Å². The molecule has 1 unspecified atom stereocenters. The molecule has 0 aromatic heterocycles. The van der Waals surface area contributed by atoms with Crippen LogP contribution in [0.3, 0.4) is 0 Å². The lowest BCUT2D eigenvalue weighted by molar-refractivity contribution is -0.122. The summed E-state index contributed by atoms with van der Waals surface area (Å²) < 4.78 is 42.5. The molecule has 3 aliphatic rings. The number of anilines is 2. The average molecular weight is 436 g/mol. The molecule has 2 aromatic rings. The van der Waals surface area contributed by atoms with Gasteiger partial charge in [-0.15, -0.1) is 0 Å². The molecule has 1 amide bonds. The molecule has 1 atom stereocenters. The van der Waals surface area contributed by atoms with Crippen molar-refractivity contribution in [1.82, 2.24) is 0 Å². The molecule has 5 rings (SSSR count). The Balaban J connectivity index is 1.90. The van der Waals surface area contributed by atoms with Crippen molar-refractivity contribution in [2.45, 2.75) is 24.7 Å². The highest BCUT2D eigenvalue weighted by Gasteiger charge is 2.60. The van der Waals surface area contributed by atoms with E-state index in [0.717, 1.165) is 24.3 Å². The van der Waals surface area contributed by atoms with Crippen molar-refractivity contribution in [2.75, 3.05) is 10.2 Å². The van der Waals surface area contributed by atoms with Gasteiger partial charge in [-0.25, -0.2) is 13.2 Å². The second-order valence-corrected chi connectivity index (χ2v) is 7.80. The summed E-state index contributed by atoms with van der Waals surface area (Å²) in [5, 5.41) is 12.7. The first-order valence-corrected chi connectivity index (χ1v) is 9.84. The smallest absolute Gasteiger partial charge is 0.245 e. The molecular weight excluding hydrogens is 421 g/mol. The first-order chi connectivity index (χ1) is 15.3. The average Bonchev–Trinajstić information content (AvgIpc) is 3.02. The normalized spacial score (nSPS) is 22.1. The third-order valence-corrected chi connectivity index (χ3v) is 6.14. The maximum atomic E-state index is 14.8. The summed E-state index contributed by atoms with van der Waals surface area (Å²) in [4.78, 5) is 27.8. The maximum Gasteiger partial charge on any atom is 0.245 e. The van der Waals surface area contributed by atoms with E-state index in [2.05, 4.69) is 5.32 Å². The molecule has 0 radical (unpaired) electrons. The Morgan fingerprint density at radius 1 is 1.06 bits per heavy atom. The van der Waals surface area contributed by atoms with E-state index in [1.54, 1.807) is 0 Å². The number of rotatable bonds is 1. The number of nitriles is 1. The van der Waals surface area contributed by atoms with Gasteiger partial charge in [-0.05, 0) is 43.2 Å². The number of hydrogen-bond acceptors (Lipinski definition) is 5. The summed E-state index contributed by atoms with van der Waals surface area (Å²) in [6, 6.07) is 8.34. The van der Waals surface area contributed by atoms with Crippen molar-refractivity contribution in [1.29, 1.82) is 5.26 Å². The van der Waals surface area contributed by atoms with Gasteiger partial charge >= 0.3 is 0 Å². The van der Waals surface area contributed by atoms with E-state index in [-0.39, 0.29) is 52.4 Å². The molecule has 1 aliphatic carbocycles. The number of hydrogen-bond donors (Lipinski definition) is 2. The molecule has 2 aromatic carbocycles. The minimum Gasteiger partial charge on any atom is -0.384 e. The number of fused-ring (bicyclic) bond motifs is 3. The van der Waals surface area contributed by atoms with Crippen LogP contribution in [0.5, 0.6) is 0 Å². The highest BCUT2D eigenvalue weighted by atomic mass is 19.1. The zero-order valence-corrected chi connectivity index (χ0v) is 16.5. The summed E-state index contributed by atoms with van der Waals surface area (Å²) >= 11 is 0. The number of ketones is 1. The molecule has 2 aliphatic heterocycles. The van der Waals surface area contributed by atoms with Gasteiger partial charge in [0.15, 0.2) is 5.78 Å². The summed E-state index contributed by atoms with van der Waals surface area (Å²) in [5.41, 5.74) is 4.45. The van der Waals surface area contributed by atoms with Gasteiger partial charge in [0.05, 0.1) is 11.3 Å². The fourth-order valence-electron chi connectivity index (χ4n) is 4.90. The summed E-state index contributed by atoms with van der Waals surface area (Å²) in [5.74, 6) is -3.83. The van der Waals surface area contributed by atoms with Crippen LogP contribution in [0.15, 0.2) is 59.1 Å². The highest BCUT2D eigenvalue weighted by molar-refractivity contribution is 6.19. The molecule has 0 bridgehead atoms. The number of carbonyl (C=O) groups excluding carboxylic acids is 2. The first kappa shape index (κ1) is 19.9. The van der Waals surface area contributed by atoms with Crippen LogP contribution >= 0.6 is 0 Å². The molecule has 6 nitrogen and oxygen atoms in total. The molecule has 0 fully saturated rings. The van der Waals surface area contributed by atoms with Crippen molar-refractivity contribution < 1.29 is 22.8 Å². The highest BCUT2D eigenvalue weighted by Crippen LogP contribution is 2.55. The van der Waals surface area contributed by atoms with E-state index in [4.69, 9.17) is 5.73 Å². The van der Waals surface area contributed by atoms with Crippen LogP contribution in [0, 0.1) is 28.8 Å². The minimum atomic E-state index is -1.95. The van der Waals surface area contributed by atoms with Gasteiger partial charge in [0, 0.05) is 35.0 Å². The van der Waals surface area contributed by atoms with Crippen LogP contribution < -0.4 is 16.0 Å². The minimum absolute atomic E-state index is 0.0416. The first-order valence-electron chi connectivity index (χ1n) is 9.84. The SMILES string of the molecule is N#CC1=C(N)N(c2ccc(F)cc2F)C2=C(C(=O)CCC2)C12C(=O)Nc1ccc(F)cc12. The second kappa shape index (κ2) is 6.72. The molecule has 2 heterocycles. The van der Waals surface area contributed by atoms with Gasteiger partial charge in [0.25, 0.3) is 0 Å². The van der Waals surface area contributed by atoms with Crippen LogP contribution in [-0.4, -0.2) is 11.7 Å². The number of allylic oxidation sites excluding steroid dienone is 1. The van der Waals surface area contributed by atoms with Crippen molar-refractivity contribution in [3.63, 3.8) is 0 Å². The quantitative estimate of drug-likeness (QED) is 0.713. The lowest BCUT2D eigenvalue weighted by Gasteiger charge is -2.43. The summed E-state index contributed by atoms with van der Waals surface area (Å²) in [6.07, 6.45) is 0.744. The number of nitrogens with one attached hydrogen (secondary N) is 1. The number of nitrogens with two attached hydrogens (primary N) is 1. The van der Waals surface area contributed by atoms with E-state index in [9.17, 15) is 28.0 Å². The van der Waals surface area contributed by atoms with Crippen molar-refractivity contribution in [3.8, 4) is 6.07 Å². The lowest BCUT2D eigenvalue weighted by Crippen LogP contribution is -2.51. The van der Waals surface area contributed by atoms with Gasteiger partial charge in [-0.2, -0.15) is 5.26 Å². The van der Waals surface area contributed by atoms with Crippen LogP contribution in [0.2, 0.25) is 0 Å². The van der Waals surface area contributed by atoms with E-state index < -0.39 is 34.6 Å². The molecule has 0 saturated carbocycles. The number of benzene rings is 2. The number of Topliss-reactive ketones (excluding diaryl/α,β-unsaturated/α-hetero) is 1. The molecule has 3 N–H and O–H groups in total. The third kappa shape index (κ3) is 2.40. The van der Waals surface area contributed by atoms with Gasteiger partial charge in [0.2, 0.25) is 5.91 Å². The van der Waals surface area contributed by atoms with E-state index in [1.165, 1.54) is 11.0 Å². The van der Waals surface area contributed by atoms with Crippen LogP contribution in [0.1, 0.15) is 24.8 Å². The Labute approximate surface area is 180 Å². The number of amides is 1. The summed E-state index contributed by atoms with van der Waals surface area (Å²) in [6.45, 7) is 0. The lowest BCUT2D eigenvalue weighted by atomic mass is 9.64. The van der Waals surface area contributed by atoms with Gasteiger partial charge < -0.3 is 11.1 Å². The van der Waals surface area contributed by atoms with E-state index in [0.29, 0.717) is 12.5 Å². The zero-order valence-electron chi connectivity index (χ0n) is 16.5. The molecule has 9 heteroatoms. The van der Waals surface area contributed by atoms with E-state index in [1.807, 2.05) is 6.07 Å². The third-order valence-electron chi connectivity index (χ3n) is 6.14. The predicted molar refractivity (Wildman–Crippen MR) is 108 cm³/mol. The number of carbonyl (C=O) groups is 2. The Morgan fingerprint density at radius 3 is 2.50 bits per heavy atom. The van der Waals surface area contributed by atoms with Gasteiger partial charge in [-0.3, -0.25) is 14.5 Å². The van der Waals surface area contributed by atoms with Crippen LogP contribution in [-0.2, 0) is 15.0 Å². The largest absolute Gasteiger partial charge is 0.384 e.